The summed E-state index contributed by atoms with van der Waals surface area (Å²) in [5.41, 5.74) is 7.29. The Morgan fingerprint density at radius 3 is 1.85 bits per heavy atom. The average molecular weight is 373 g/mol. The number of nitrogens with two attached hydrogens (primary N) is 1. The first-order valence-corrected chi connectivity index (χ1v) is 10.4. The molecule has 0 bridgehead atoms. The maximum Gasteiger partial charge on any atom is 0.226 e. The molecule has 0 aromatic heterocycles. The van der Waals surface area contributed by atoms with Crippen LogP contribution in [-0.4, -0.2) is 11.9 Å². The summed E-state index contributed by atoms with van der Waals surface area (Å²) in [6, 6.07) is 30.3. The summed E-state index contributed by atoms with van der Waals surface area (Å²) in [6.45, 7) is 0.531. The predicted molar refractivity (Wildman–Crippen MR) is 114 cm³/mol. The van der Waals surface area contributed by atoms with E-state index in [1.54, 1.807) is 0 Å². The highest BCUT2D eigenvalue weighted by Gasteiger charge is 2.28. The van der Waals surface area contributed by atoms with Crippen LogP contribution in [0.5, 0.6) is 0 Å². The van der Waals surface area contributed by atoms with Crippen LogP contribution in [0, 0.1) is 0 Å². The van der Waals surface area contributed by atoms with Crippen LogP contribution in [0.25, 0.3) is 0 Å². The molecule has 3 aromatic carbocycles. The van der Waals surface area contributed by atoms with E-state index >= 15 is 0 Å². The molecule has 134 valence electrons. The molecule has 6 heteroatoms. The number of hydrogen-bond acceptors (Lipinski definition) is 3. The molecular weight excluding hydrogens is 353 g/mol. The molecule has 1 aliphatic heterocycles. The summed E-state index contributed by atoms with van der Waals surface area (Å²) in [5, 5.41) is 5.12. The Kier molecular flexibility index (Phi) is 4.86. The first kappa shape index (κ1) is 17.3. The Labute approximate surface area is 158 Å². The predicted octanol–water partition coefficient (Wildman–Crippen LogP) is 3.23. The van der Waals surface area contributed by atoms with E-state index in [1.807, 2.05) is 66.7 Å². The van der Waals surface area contributed by atoms with Crippen molar-refractivity contribution in [3.8, 4) is 0 Å². The minimum atomic E-state index is -2.43. The van der Waals surface area contributed by atoms with Gasteiger partial charge in [0.05, 0.1) is 6.54 Å². The van der Waals surface area contributed by atoms with Crippen molar-refractivity contribution in [1.29, 1.82) is 0 Å². The van der Waals surface area contributed by atoms with Crippen LogP contribution in [0.3, 0.4) is 0 Å². The normalized spacial score (nSPS) is 16.9. The van der Waals surface area contributed by atoms with Gasteiger partial charge in [-0.2, -0.15) is 0 Å². The molecule has 1 aliphatic rings. The zero-order valence-corrected chi connectivity index (χ0v) is 15.6. The smallest absolute Gasteiger partial charge is 0.226 e. The SMILES string of the molecule is NC1=NP(c2ccccc2)(c2ccccc2)=NC(=NCc2ccccc2)N1. The van der Waals surface area contributed by atoms with Crippen LogP contribution < -0.4 is 21.7 Å². The fourth-order valence-corrected chi connectivity index (χ4v) is 5.68. The summed E-state index contributed by atoms with van der Waals surface area (Å²) in [7, 11) is -2.43. The van der Waals surface area contributed by atoms with E-state index in [0.717, 1.165) is 16.2 Å². The van der Waals surface area contributed by atoms with Gasteiger partial charge in [0, 0.05) is 10.6 Å². The zero-order chi connectivity index (χ0) is 18.5. The number of aliphatic imine (C=N–C) groups is 1. The van der Waals surface area contributed by atoms with Gasteiger partial charge in [0.2, 0.25) is 11.9 Å². The quantitative estimate of drug-likeness (QED) is 0.689. The monoisotopic (exact) mass is 373 g/mol. The Bertz CT molecular complexity index is 984. The van der Waals surface area contributed by atoms with Crippen molar-refractivity contribution >= 4 is 29.7 Å². The third-order valence-corrected chi connectivity index (χ3v) is 7.24. The van der Waals surface area contributed by atoms with Gasteiger partial charge in [0.25, 0.3) is 0 Å². The molecule has 0 saturated carbocycles. The minimum absolute atomic E-state index is 0.345. The van der Waals surface area contributed by atoms with E-state index in [9.17, 15) is 0 Å². The van der Waals surface area contributed by atoms with Gasteiger partial charge in [-0.25, -0.2) is 14.5 Å². The third-order valence-electron chi connectivity index (χ3n) is 4.22. The lowest BCUT2D eigenvalue weighted by Gasteiger charge is -2.26. The first-order valence-electron chi connectivity index (χ1n) is 8.71. The molecule has 0 fully saturated rings. The Balaban J connectivity index is 1.85. The molecule has 0 unspecified atom stereocenters. The number of rotatable bonds is 4. The number of nitrogens with zero attached hydrogens (tertiary/aromatic N) is 3. The lowest BCUT2D eigenvalue weighted by molar-refractivity contribution is 1.04. The van der Waals surface area contributed by atoms with Crippen LogP contribution in [-0.2, 0) is 6.54 Å². The minimum Gasteiger partial charge on any atom is -0.369 e. The molecule has 3 N–H and O–H groups in total. The zero-order valence-electron chi connectivity index (χ0n) is 14.7. The van der Waals surface area contributed by atoms with Gasteiger partial charge in [0.15, 0.2) is 0 Å². The van der Waals surface area contributed by atoms with Gasteiger partial charge in [0.1, 0.15) is 7.21 Å². The van der Waals surface area contributed by atoms with Crippen molar-refractivity contribution in [1.82, 2.24) is 5.32 Å². The largest absolute Gasteiger partial charge is 0.369 e. The van der Waals surface area contributed by atoms with E-state index in [0.29, 0.717) is 18.5 Å². The standard InChI is InChI=1S/C21H20N5P/c22-20-24-21(23-16-17-10-4-1-5-11-17)26-27(25-20,18-12-6-2-7-13-18)19-14-8-3-9-15-19/h1-15H,16H2,(H3,22,23,24,25). The van der Waals surface area contributed by atoms with Gasteiger partial charge in [-0.15, -0.1) is 0 Å². The van der Waals surface area contributed by atoms with Gasteiger partial charge >= 0.3 is 0 Å². The van der Waals surface area contributed by atoms with E-state index in [-0.39, 0.29) is 0 Å². The van der Waals surface area contributed by atoms with E-state index < -0.39 is 7.21 Å². The summed E-state index contributed by atoms with van der Waals surface area (Å²) in [4.78, 5) is 4.66. The molecule has 1 heterocycles. The Morgan fingerprint density at radius 2 is 1.30 bits per heavy atom. The highest BCUT2D eigenvalue weighted by molar-refractivity contribution is 7.80. The van der Waals surface area contributed by atoms with Crippen LogP contribution in [0.1, 0.15) is 5.56 Å². The summed E-state index contributed by atoms with van der Waals surface area (Å²) < 4.78 is 9.81. The van der Waals surface area contributed by atoms with Gasteiger partial charge < -0.3 is 5.73 Å². The second-order valence-electron chi connectivity index (χ2n) is 6.11. The number of hydrogen-bond donors (Lipinski definition) is 2. The fourth-order valence-electron chi connectivity index (χ4n) is 2.95. The van der Waals surface area contributed by atoms with Gasteiger partial charge in [-0.3, -0.25) is 5.32 Å². The molecule has 0 radical (unpaired) electrons. The number of guanidine groups is 2. The molecule has 0 atom stereocenters. The van der Waals surface area contributed by atoms with Crippen LogP contribution in [0.15, 0.2) is 105 Å². The van der Waals surface area contributed by atoms with Crippen molar-refractivity contribution < 1.29 is 0 Å². The summed E-state index contributed by atoms with van der Waals surface area (Å²) >= 11 is 0. The lowest BCUT2D eigenvalue weighted by atomic mass is 10.2. The van der Waals surface area contributed by atoms with Crippen LogP contribution in [0.4, 0.5) is 0 Å². The van der Waals surface area contributed by atoms with Crippen LogP contribution >= 0.6 is 7.21 Å². The van der Waals surface area contributed by atoms with Crippen molar-refractivity contribution in [2.45, 2.75) is 6.54 Å². The van der Waals surface area contributed by atoms with Crippen LogP contribution in [0.2, 0.25) is 0 Å². The molecular formula is C21H20N5P. The molecule has 3 aromatic rings. The third kappa shape index (κ3) is 3.69. The average Bonchev–Trinajstić information content (AvgIpc) is 2.74. The molecule has 5 nitrogen and oxygen atoms in total. The number of benzene rings is 3. The lowest BCUT2D eigenvalue weighted by Crippen LogP contribution is -2.39. The second-order valence-corrected chi connectivity index (χ2v) is 8.74. The molecule has 4 rings (SSSR count). The van der Waals surface area contributed by atoms with Gasteiger partial charge in [-0.1, -0.05) is 91.0 Å². The van der Waals surface area contributed by atoms with E-state index in [2.05, 4.69) is 34.6 Å². The van der Waals surface area contributed by atoms with Crippen molar-refractivity contribution in [2.24, 2.45) is 20.2 Å². The van der Waals surface area contributed by atoms with E-state index in [1.165, 1.54) is 0 Å². The van der Waals surface area contributed by atoms with Crippen molar-refractivity contribution in [3.63, 3.8) is 0 Å². The first-order chi connectivity index (χ1) is 13.3. The van der Waals surface area contributed by atoms with Crippen molar-refractivity contribution in [3.05, 3.63) is 96.6 Å². The summed E-state index contributed by atoms with van der Waals surface area (Å²) in [6.07, 6.45) is 0. The van der Waals surface area contributed by atoms with E-state index in [4.69, 9.17) is 15.2 Å². The maximum absolute atomic E-state index is 6.17. The molecule has 0 amide bonds. The highest BCUT2D eigenvalue weighted by Crippen LogP contribution is 2.50. The Hall–Kier alpha value is -3.17. The fraction of sp³-hybridized carbons (Fsp3) is 0.0476. The number of nitrogens with one attached hydrogen (secondary N) is 1. The van der Waals surface area contributed by atoms with Crippen molar-refractivity contribution in [2.75, 3.05) is 0 Å². The summed E-state index contributed by atoms with van der Waals surface area (Å²) in [5.74, 6) is 0.866. The highest BCUT2D eigenvalue weighted by atomic mass is 31.2. The topological polar surface area (TPSA) is 75.1 Å². The molecule has 0 saturated heterocycles. The van der Waals surface area contributed by atoms with Gasteiger partial charge in [-0.05, 0) is 5.56 Å². The Morgan fingerprint density at radius 1 is 0.778 bits per heavy atom. The molecule has 0 aliphatic carbocycles. The molecule has 0 spiro atoms. The maximum atomic E-state index is 6.17. The molecule has 27 heavy (non-hydrogen) atoms. The second kappa shape index (κ2) is 7.60.